The lowest BCUT2D eigenvalue weighted by atomic mass is 10.1. The predicted molar refractivity (Wildman–Crippen MR) is 53.8 cm³/mol. The number of halogens is 3. The van der Waals surface area contributed by atoms with Crippen molar-refractivity contribution in [3.05, 3.63) is 0 Å². The van der Waals surface area contributed by atoms with Gasteiger partial charge in [-0.1, -0.05) is 34.8 Å². The van der Waals surface area contributed by atoms with Gasteiger partial charge in [-0.15, -0.1) is 0 Å². The first-order chi connectivity index (χ1) is 6.93. The average Bonchev–Trinajstić information content (AvgIpc) is 2.65. The van der Waals surface area contributed by atoms with E-state index in [1.807, 2.05) is 0 Å². The molecule has 8 heteroatoms. The van der Waals surface area contributed by atoms with Gasteiger partial charge in [0.25, 0.3) is 0 Å². The second-order valence-electron chi connectivity index (χ2n) is 3.38. The Morgan fingerprint density at radius 1 is 1.20 bits per heavy atom. The van der Waals surface area contributed by atoms with E-state index in [-0.39, 0.29) is 6.54 Å². The molecule has 0 aromatic heterocycles. The lowest BCUT2D eigenvalue weighted by molar-refractivity contribution is -0.163. The van der Waals surface area contributed by atoms with Crippen LogP contribution in [0, 0.1) is 0 Å². The molecular weight excluding hydrogens is 268 g/mol. The molecule has 15 heavy (non-hydrogen) atoms. The summed E-state index contributed by atoms with van der Waals surface area (Å²) in [6.45, 7) is 0.180. The smallest absolute Gasteiger partial charge is 0.241 e. The number of alkyl halides is 3. The van der Waals surface area contributed by atoms with Crippen LogP contribution in [0.5, 0.6) is 0 Å². The molecule has 2 aliphatic rings. The molecule has 0 bridgehead atoms. The number of nitrogens with two attached hydrogens (primary N) is 1. The second-order valence-corrected chi connectivity index (χ2v) is 5.75. The van der Waals surface area contributed by atoms with Crippen molar-refractivity contribution in [3.63, 3.8) is 0 Å². The van der Waals surface area contributed by atoms with E-state index >= 15 is 0 Å². The summed E-state index contributed by atoms with van der Waals surface area (Å²) < 4.78 is 14.0. The van der Waals surface area contributed by atoms with E-state index in [2.05, 4.69) is 0 Å². The third-order valence-electron chi connectivity index (χ3n) is 2.33. The summed E-state index contributed by atoms with van der Waals surface area (Å²) in [5, 5.41) is 9.70. The largest absolute Gasteiger partial charge is 0.387 e. The lowest BCUT2D eigenvalue weighted by Gasteiger charge is -2.21. The van der Waals surface area contributed by atoms with Crippen LogP contribution in [0.15, 0.2) is 0 Å². The molecule has 2 aliphatic heterocycles. The highest BCUT2D eigenvalue weighted by Crippen LogP contribution is 2.41. The van der Waals surface area contributed by atoms with Gasteiger partial charge in [0.15, 0.2) is 6.29 Å². The van der Waals surface area contributed by atoms with Crippen LogP contribution in [-0.2, 0) is 14.2 Å². The molecule has 5 atom stereocenters. The summed E-state index contributed by atoms with van der Waals surface area (Å²) in [6.07, 6.45) is -3.78. The maximum Gasteiger partial charge on any atom is 0.241 e. The Morgan fingerprint density at radius 2 is 1.87 bits per heavy atom. The Kier molecular flexibility index (Phi) is 3.37. The highest BCUT2D eigenvalue weighted by atomic mass is 35.6. The molecule has 88 valence electrons. The third-order valence-corrected chi connectivity index (χ3v) is 2.87. The number of ether oxygens (including phenoxy) is 3. The summed E-state index contributed by atoms with van der Waals surface area (Å²) >= 11 is 16.8. The monoisotopic (exact) mass is 277 g/mol. The zero-order chi connectivity index (χ0) is 11.2. The Labute approximate surface area is 101 Å². The van der Waals surface area contributed by atoms with E-state index in [1.165, 1.54) is 0 Å². The highest BCUT2D eigenvalue weighted by molar-refractivity contribution is 6.67. The molecule has 0 radical (unpaired) electrons. The summed E-state index contributed by atoms with van der Waals surface area (Å²) in [5.41, 5.74) is 5.37. The van der Waals surface area contributed by atoms with Gasteiger partial charge in [0.1, 0.15) is 18.3 Å². The zero-order valence-electron chi connectivity index (χ0n) is 7.48. The minimum Gasteiger partial charge on any atom is -0.387 e. The van der Waals surface area contributed by atoms with Crippen molar-refractivity contribution in [2.45, 2.75) is 34.7 Å². The average molecular weight is 279 g/mol. The molecule has 0 amide bonds. The van der Waals surface area contributed by atoms with Crippen LogP contribution >= 0.6 is 34.8 Å². The van der Waals surface area contributed by atoms with Crippen LogP contribution < -0.4 is 5.73 Å². The van der Waals surface area contributed by atoms with Gasteiger partial charge in [0.05, 0.1) is 0 Å². The molecule has 2 heterocycles. The summed E-state index contributed by atoms with van der Waals surface area (Å²) in [7, 11) is 0. The van der Waals surface area contributed by atoms with Crippen molar-refractivity contribution in [2.75, 3.05) is 6.54 Å². The van der Waals surface area contributed by atoms with Crippen LogP contribution in [0.1, 0.15) is 0 Å². The fourth-order valence-corrected chi connectivity index (χ4v) is 1.91. The molecule has 0 spiro atoms. The molecule has 0 unspecified atom stereocenters. The van der Waals surface area contributed by atoms with Gasteiger partial charge in [-0.3, -0.25) is 0 Å². The van der Waals surface area contributed by atoms with Gasteiger partial charge < -0.3 is 25.1 Å². The highest BCUT2D eigenvalue weighted by Gasteiger charge is 2.55. The molecule has 3 N–H and O–H groups in total. The number of rotatable bonds is 1. The van der Waals surface area contributed by atoms with Gasteiger partial charge >= 0.3 is 0 Å². The van der Waals surface area contributed by atoms with Crippen molar-refractivity contribution in [1.82, 2.24) is 0 Å². The lowest BCUT2D eigenvalue weighted by Crippen LogP contribution is -2.38. The molecule has 2 rings (SSSR count). The van der Waals surface area contributed by atoms with E-state index in [9.17, 15) is 5.11 Å². The van der Waals surface area contributed by atoms with E-state index < -0.39 is 34.7 Å². The molecule has 0 saturated carbocycles. The molecule has 0 aromatic carbocycles. The van der Waals surface area contributed by atoms with E-state index in [0.29, 0.717) is 0 Å². The van der Waals surface area contributed by atoms with Crippen LogP contribution in [0.2, 0.25) is 0 Å². The summed E-state index contributed by atoms with van der Waals surface area (Å²) in [4.78, 5) is 0. The second kappa shape index (κ2) is 4.16. The number of hydrogen-bond donors (Lipinski definition) is 2. The molecule has 0 aliphatic carbocycles. The number of aliphatic hydroxyl groups excluding tert-OH is 1. The van der Waals surface area contributed by atoms with Gasteiger partial charge in [-0.05, 0) is 0 Å². The summed E-state index contributed by atoms with van der Waals surface area (Å²) in [5.74, 6) is 0. The third kappa shape index (κ3) is 2.21. The maximum absolute atomic E-state index is 9.70. The van der Waals surface area contributed by atoms with Crippen molar-refractivity contribution in [3.8, 4) is 0 Å². The molecule has 2 saturated heterocycles. The Morgan fingerprint density at radius 3 is 2.33 bits per heavy atom. The fourth-order valence-electron chi connectivity index (χ4n) is 1.60. The van der Waals surface area contributed by atoms with Crippen molar-refractivity contribution in [2.24, 2.45) is 5.73 Å². The molecule has 2 fully saturated rings. The standard InChI is InChI=1S/C7H10Cl3NO4/c8-7(9,10)6-14-4-3(12)2(1-11)13-5(4)15-6/h2-6,12H,1,11H2/t2-,3-,4+,5+,6-/m0/s1. The van der Waals surface area contributed by atoms with Crippen LogP contribution in [0.4, 0.5) is 0 Å². The quantitative estimate of drug-likeness (QED) is 0.668. The van der Waals surface area contributed by atoms with Crippen molar-refractivity contribution < 1.29 is 19.3 Å². The fraction of sp³-hybridized carbons (Fsp3) is 1.00. The Bertz CT molecular complexity index is 249. The SMILES string of the molecule is NC[C@@H]1O[C@@H]2O[C@@H](C(Cl)(Cl)Cl)O[C@@H]2[C@H]1O. The molecule has 0 aromatic rings. The van der Waals surface area contributed by atoms with E-state index in [1.54, 1.807) is 0 Å². The topological polar surface area (TPSA) is 73.9 Å². The van der Waals surface area contributed by atoms with Crippen LogP contribution in [0.3, 0.4) is 0 Å². The first-order valence-electron chi connectivity index (χ1n) is 4.34. The Hall–Kier alpha value is 0.670. The minimum absolute atomic E-state index is 0.180. The van der Waals surface area contributed by atoms with Crippen molar-refractivity contribution in [1.29, 1.82) is 0 Å². The number of aliphatic hydroxyl groups is 1. The maximum atomic E-state index is 9.70. The molecular formula is C7H10Cl3NO4. The molecule has 5 nitrogen and oxygen atoms in total. The first kappa shape index (κ1) is 12.1. The van der Waals surface area contributed by atoms with E-state index in [4.69, 9.17) is 54.7 Å². The van der Waals surface area contributed by atoms with Crippen molar-refractivity contribution >= 4 is 34.8 Å². The predicted octanol–water partition coefficient (Wildman–Crippen LogP) is 0.143. The Balaban J connectivity index is 2.02. The van der Waals surface area contributed by atoms with Gasteiger partial charge in [0.2, 0.25) is 10.1 Å². The first-order valence-corrected chi connectivity index (χ1v) is 5.48. The van der Waals surface area contributed by atoms with Gasteiger partial charge in [-0.2, -0.15) is 0 Å². The minimum atomic E-state index is -1.70. The van der Waals surface area contributed by atoms with Gasteiger partial charge in [-0.25, -0.2) is 0 Å². The van der Waals surface area contributed by atoms with E-state index in [0.717, 1.165) is 0 Å². The zero-order valence-corrected chi connectivity index (χ0v) is 9.74. The summed E-state index contributed by atoms with van der Waals surface area (Å²) in [6, 6.07) is 0. The number of hydrogen-bond acceptors (Lipinski definition) is 5. The van der Waals surface area contributed by atoms with Crippen LogP contribution in [0.25, 0.3) is 0 Å². The van der Waals surface area contributed by atoms with Gasteiger partial charge in [0, 0.05) is 6.54 Å². The van der Waals surface area contributed by atoms with Crippen LogP contribution in [-0.4, -0.2) is 46.3 Å². The normalized spacial score (nSPS) is 45.8. The number of fused-ring (bicyclic) bond motifs is 1.